The number of nitrogens with zero attached hydrogens (tertiary/aromatic N) is 1. The van der Waals surface area contributed by atoms with Gasteiger partial charge in [0.2, 0.25) is 0 Å². The Balaban J connectivity index is 2.28. The molecule has 1 aromatic heterocycles. The zero-order valence-electron chi connectivity index (χ0n) is 10.3. The van der Waals surface area contributed by atoms with Crippen LogP contribution in [0.25, 0.3) is 0 Å². The molecule has 4 nitrogen and oxygen atoms in total. The van der Waals surface area contributed by atoms with Gasteiger partial charge in [-0.15, -0.1) is 0 Å². The van der Waals surface area contributed by atoms with Crippen LogP contribution < -0.4 is 0 Å². The molecule has 0 spiro atoms. The molecule has 1 N–H and O–H groups in total. The van der Waals surface area contributed by atoms with E-state index in [9.17, 15) is 4.79 Å². The lowest BCUT2D eigenvalue weighted by Crippen LogP contribution is -2.11. The highest BCUT2D eigenvalue weighted by atomic mass is 16.5. The number of aromatic amines is 1. The van der Waals surface area contributed by atoms with E-state index in [1.165, 1.54) is 0 Å². The van der Waals surface area contributed by atoms with Crippen molar-refractivity contribution >= 4 is 5.97 Å². The van der Waals surface area contributed by atoms with Gasteiger partial charge < -0.3 is 4.74 Å². The van der Waals surface area contributed by atoms with Gasteiger partial charge in [0.1, 0.15) is 5.56 Å². The molecule has 1 aliphatic rings. The molecule has 2 rings (SSSR count). The topological polar surface area (TPSA) is 55.0 Å². The molecular formula is C13H18N2O2. The maximum Gasteiger partial charge on any atom is 0.341 e. The van der Waals surface area contributed by atoms with Crippen LogP contribution in [0.15, 0.2) is 12.2 Å². The molecule has 0 amide bonds. The van der Waals surface area contributed by atoms with Crippen molar-refractivity contribution in [3.05, 3.63) is 29.1 Å². The van der Waals surface area contributed by atoms with Crippen molar-refractivity contribution in [2.75, 3.05) is 6.61 Å². The van der Waals surface area contributed by atoms with Gasteiger partial charge in [0, 0.05) is 11.6 Å². The van der Waals surface area contributed by atoms with E-state index < -0.39 is 0 Å². The molecule has 1 unspecified atom stereocenters. The zero-order chi connectivity index (χ0) is 12.3. The lowest BCUT2D eigenvalue weighted by atomic mass is 9.89. The first-order chi connectivity index (χ1) is 8.24. The molecule has 0 aromatic carbocycles. The number of hydrogen-bond acceptors (Lipinski definition) is 3. The number of nitrogens with one attached hydrogen (secondary N) is 1. The van der Waals surface area contributed by atoms with E-state index >= 15 is 0 Å². The van der Waals surface area contributed by atoms with Crippen molar-refractivity contribution in [3.63, 3.8) is 0 Å². The number of allylic oxidation sites excluding steroid dienone is 2. The molecule has 0 fully saturated rings. The fourth-order valence-electron chi connectivity index (χ4n) is 2.25. The molecule has 0 bridgehead atoms. The average Bonchev–Trinajstić information content (AvgIpc) is 2.73. The summed E-state index contributed by atoms with van der Waals surface area (Å²) in [4.78, 5) is 11.9. The third-order valence-electron chi connectivity index (χ3n) is 3.11. The third-order valence-corrected chi connectivity index (χ3v) is 3.11. The largest absolute Gasteiger partial charge is 0.462 e. The molecule has 0 saturated carbocycles. The number of aryl methyl sites for hydroxylation is 1. The Morgan fingerprint density at radius 1 is 1.59 bits per heavy atom. The summed E-state index contributed by atoms with van der Waals surface area (Å²) in [6, 6.07) is 0. The summed E-state index contributed by atoms with van der Waals surface area (Å²) >= 11 is 0. The average molecular weight is 234 g/mol. The summed E-state index contributed by atoms with van der Waals surface area (Å²) in [5, 5.41) is 7.18. The Hall–Kier alpha value is -1.58. The molecule has 0 aliphatic heterocycles. The standard InChI is InChI=1S/C13H18N2O2/c1-3-17-13(16)11-9(2)14-15-12(11)10-7-5-4-6-8-10/h4-5,10H,3,6-8H2,1-2H3,(H,14,15). The Morgan fingerprint density at radius 2 is 2.41 bits per heavy atom. The summed E-state index contributed by atoms with van der Waals surface area (Å²) in [6.07, 6.45) is 7.40. The van der Waals surface area contributed by atoms with Crippen LogP contribution in [0, 0.1) is 6.92 Å². The number of ether oxygens (including phenoxy) is 1. The first-order valence-electron chi connectivity index (χ1n) is 6.11. The Bertz CT molecular complexity index is 435. The minimum Gasteiger partial charge on any atom is -0.462 e. The van der Waals surface area contributed by atoms with Crippen LogP contribution in [0.1, 0.15) is 53.8 Å². The van der Waals surface area contributed by atoms with E-state index in [1.807, 2.05) is 13.8 Å². The Kier molecular flexibility index (Phi) is 3.61. The van der Waals surface area contributed by atoms with Crippen molar-refractivity contribution in [1.29, 1.82) is 0 Å². The fourth-order valence-corrected chi connectivity index (χ4v) is 2.25. The van der Waals surface area contributed by atoms with Gasteiger partial charge in [0.05, 0.1) is 12.3 Å². The second kappa shape index (κ2) is 5.17. The van der Waals surface area contributed by atoms with Gasteiger partial charge >= 0.3 is 5.97 Å². The summed E-state index contributed by atoms with van der Waals surface area (Å²) in [5.74, 6) is 0.0765. The van der Waals surface area contributed by atoms with Gasteiger partial charge in [0.25, 0.3) is 0 Å². The minimum atomic E-state index is -0.261. The van der Waals surface area contributed by atoms with Crippen molar-refractivity contribution in [3.8, 4) is 0 Å². The van der Waals surface area contributed by atoms with E-state index in [4.69, 9.17) is 4.74 Å². The number of H-pyrrole nitrogens is 1. The molecule has 0 radical (unpaired) electrons. The van der Waals surface area contributed by atoms with Crippen LogP contribution in [0.2, 0.25) is 0 Å². The van der Waals surface area contributed by atoms with Gasteiger partial charge in [-0.1, -0.05) is 12.2 Å². The molecule has 4 heteroatoms. The van der Waals surface area contributed by atoms with Crippen LogP contribution in [0.5, 0.6) is 0 Å². The SMILES string of the molecule is CCOC(=O)c1c(C2CC=CCC2)n[nH]c1C. The molecule has 1 atom stereocenters. The van der Waals surface area contributed by atoms with Gasteiger partial charge in [-0.25, -0.2) is 4.79 Å². The molecule has 17 heavy (non-hydrogen) atoms. The zero-order valence-corrected chi connectivity index (χ0v) is 10.3. The molecule has 0 saturated heterocycles. The third kappa shape index (κ3) is 2.40. The van der Waals surface area contributed by atoms with E-state index in [0.29, 0.717) is 18.1 Å². The van der Waals surface area contributed by atoms with E-state index in [-0.39, 0.29) is 5.97 Å². The maximum atomic E-state index is 11.9. The minimum absolute atomic E-state index is 0.261. The monoisotopic (exact) mass is 234 g/mol. The number of carbonyl (C=O) groups is 1. The normalized spacial score (nSPS) is 19.3. The molecule has 92 valence electrons. The van der Waals surface area contributed by atoms with Gasteiger partial charge in [-0.3, -0.25) is 5.10 Å². The van der Waals surface area contributed by atoms with Crippen LogP contribution in [-0.4, -0.2) is 22.8 Å². The lowest BCUT2D eigenvalue weighted by molar-refractivity contribution is 0.0523. The van der Waals surface area contributed by atoms with Gasteiger partial charge in [-0.05, 0) is 33.1 Å². The number of carbonyl (C=O) groups excluding carboxylic acids is 1. The van der Waals surface area contributed by atoms with Crippen molar-refractivity contribution in [2.45, 2.75) is 39.0 Å². The number of esters is 1. The molecule has 1 aromatic rings. The smallest absolute Gasteiger partial charge is 0.341 e. The summed E-state index contributed by atoms with van der Waals surface area (Å²) in [5.41, 5.74) is 2.30. The predicted octanol–water partition coefficient (Wildman–Crippen LogP) is 2.72. The van der Waals surface area contributed by atoms with Crippen LogP contribution in [0.4, 0.5) is 0 Å². The summed E-state index contributed by atoms with van der Waals surface area (Å²) < 4.78 is 5.08. The van der Waals surface area contributed by atoms with Gasteiger partial charge in [0.15, 0.2) is 0 Å². The second-order valence-electron chi connectivity index (χ2n) is 4.31. The van der Waals surface area contributed by atoms with Crippen LogP contribution >= 0.6 is 0 Å². The molecule has 1 aliphatic carbocycles. The van der Waals surface area contributed by atoms with E-state index in [1.54, 1.807) is 0 Å². The highest BCUT2D eigenvalue weighted by Crippen LogP contribution is 2.31. The molecule has 1 heterocycles. The van der Waals surface area contributed by atoms with E-state index in [2.05, 4.69) is 22.3 Å². The quantitative estimate of drug-likeness (QED) is 0.646. The van der Waals surface area contributed by atoms with Crippen LogP contribution in [0.3, 0.4) is 0 Å². The first-order valence-corrected chi connectivity index (χ1v) is 6.11. The summed E-state index contributed by atoms with van der Waals surface area (Å²) in [7, 11) is 0. The summed E-state index contributed by atoms with van der Waals surface area (Å²) in [6.45, 7) is 4.07. The second-order valence-corrected chi connectivity index (χ2v) is 4.31. The van der Waals surface area contributed by atoms with E-state index in [0.717, 1.165) is 30.7 Å². The maximum absolute atomic E-state index is 11.9. The van der Waals surface area contributed by atoms with Crippen molar-refractivity contribution in [2.24, 2.45) is 0 Å². The number of aromatic nitrogens is 2. The number of rotatable bonds is 3. The van der Waals surface area contributed by atoms with Gasteiger partial charge in [-0.2, -0.15) is 5.10 Å². The number of hydrogen-bond donors (Lipinski definition) is 1. The molecular weight excluding hydrogens is 216 g/mol. The fraction of sp³-hybridized carbons (Fsp3) is 0.538. The van der Waals surface area contributed by atoms with Crippen LogP contribution in [-0.2, 0) is 4.74 Å². The highest BCUT2D eigenvalue weighted by molar-refractivity contribution is 5.92. The lowest BCUT2D eigenvalue weighted by Gasteiger charge is -2.16. The Labute approximate surface area is 101 Å². The van der Waals surface area contributed by atoms with Crippen molar-refractivity contribution < 1.29 is 9.53 Å². The highest BCUT2D eigenvalue weighted by Gasteiger charge is 2.25. The first kappa shape index (κ1) is 11.9. The van der Waals surface area contributed by atoms with Crippen molar-refractivity contribution in [1.82, 2.24) is 10.2 Å². The predicted molar refractivity (Wildman–Crippen MR) is 65.0 cm³/mol. The Morgan fingerprint density at radius 3 is 3.06 bits per heavy atom.